The lowest BCUT2D eigenvalue weighted by Gasteiger charge is -2.40. The van der Waals surface area contributed by atoms with Gasteiger partial charge in [0.2, 0.25) is 0 Å². The van der Waals surface area contributed by atoms with Crippen molar-refractivity contribution in [2.45, 2.75) is 0 Å². The predicted molar refractivity (Wildman–Crippen MR) is 67.4 cm³/mol. The van der Waals surface area contributed by atoms with Crippen molar-refractivity contribution in [2.24, 2.45) is 0 Å². The first kappa shape index (κ1) is 10.2. The van der Waals surface area contributed by atoms with Crippen molar-refractivity contribution in [3.8, 4) is 11.4 Å². The van der Waals surface area contributed by atoms with E-state index in [1.54, 1.807) is 0 Å². The molecular formula is C13H14N4. The Kier molecular flexibility index (Phi) is 2.49. The SMILES string of the molecule is CN1CN(c2ccnc(-c3ccccc3)n2)C1. The molecule has 0 atom stereocenters. The second-order valence-electron chi connectivity index (χ2n) is 4.28. The molecule has 1 aliphatic rings. The first-order valence-corrected chi connectivity index (χ1v) is 5.65. The Labute approximate surface area is 101 Å². The van der Waals surface area contributed by atoms with Crippen LogP contribution in [0.15, 0.2) is 42.6 Å². The fourth-order valence-corrected chi connectivity index (χ4v) is 1.94. The lowest BCUT2D eigenvalue weighted by molar-refractivity contribution is 0.230. The third kappa shape index (κ3) is 1.99. The largest absolute Gasteiger partial charge is 0.330 e. The van der Waals surface area contributed by atoms with E-state index in [1.807, 2.05) is 42.6 Å². The summed E-state index contributed by atoms with van der Waals surface area (Å²) in [6.07, 6.45) is 1.82. The summed E-state index contributed by atoms with van der Waals surface area (Å²) in [6, 6.07) is 12.0. The molecule has 1 saturated heterocycles. The Balaban J connectivity index is 1.89. The highest BCUT2D eigenvalue weighted by Gasteiger charge is 2.21. The van der Waals surface area contributed by atoms with E-state index in [9.17, 15) is 0 Å². The quantitative estimate of drug-likeness (QED) is 0.781. The van der Waals surface area contributed by atoms with Gasteiger partial charge in [-0.3, -0.25) is 4.90 Å². The second kappa shape index (κ2) is 4.14. The minimum atomic E-state index is 0.789. The van der Waals surface area contributed by atoms with Crippen molar-refractivity contribution >= 4 is 5.82 Å². The molecule has 0 bridgehead atoms. The van der Waals surface area contributed by atoms with Crippen LogP contribution in [0.5, 0.6) is 0 Å². The summed E-state index contributed by atoms with van der Waals surface area (Å²) in [4.78, 5) is 13.3. The standard InChI is InChI=1S/C13H14N4/c1-16-9-17(10-16)12-7-8-14-13(15-12)11-5-3-2-4-6-11/h2-8H,9-10H2,1H3. The molecule has 1 aromatic heterocycles. The van der Waals surface area contributed by atoms with E-state index < -0.39 is 0 Å². The first-order chi connectivity index (χ1) is 8.33. The van der Waals surface area contributed by atoms with Crippen LogP contribution >= 0.6 is 0 Å². The van der Waals surface area contributed by atoms with Crippen molar-refractivity contribution in [1.29, 1.82) is 0 Å². The fraction of sp³-hybridized carbons (Fsp3) is 0.231. The van der Waals surface area contributed by atoms with Crippen LogP contribution < -0.4 is 4.90 Å². The molecule has 17 heavy (non-hydrogen) atoms. The lowest BCUT2D eigenvalue weighted by Crippen LogP contribution is -2.53. The van der Waals surface area contributed by atoms with E-state index >= 15 is 0 Å². The molecule has 0 amide bonds. The highest BCUT2D eigenvalue weighted by atomic mass is 15.5. The molecule has 1 aromatic carbocycles. The van der Waals surface area contributed by atoms with Crippen molar-refractivity contribution in [1.82, 2.24) is 14.9 Å². The lowest BCUT2D eigenvalue weighted by atomic mass is 10.2. The molecule has 2 aromatic rings. The number of anilines is 1. The molecule has 0 unspecified atom stereocenters. The van der Waals surface area contributed by atoms with Crippen LogP contribution in [-0.2, 0) is 0 Å². The Morgan fingerprint density at radius 3 is 2.53 bits per heavy atom. The zero-order valence-corrected chi connectivity index (χ0v) is 9.74. The van der Waals surface area contributed by atoms with E-state index in [4.69, 9.17) is 0 Å². The van der Waals surface area contributed by atoms with Gasteiger partial charge in [-0.25, -0.2) is 9.97 Å². The van der Waals surface area contributed by atoms with Gasteiger partial charge in [0.25, 0.3) is 0 Å². The number of rotatable bonds is 2. The van der Waals surface area contributed by atoms with Crippen LogP contribution in [0.4, 0.5) is 5.82 Å². The van der Waals surface area contributed by atoms with Gasteiger partial charge >= 0.3 is 0 Å². The van der Waals surface area contributed by atoms with Gasteiger partial charge in [-0.15, -0.1) is 0 Å². The highest BCUT2D eigenvalue weighted by molar-refractivity contribution is 5.57. The summed E-state index contributed by atoms with van der Waals surface area (Å²) in [5, 5.41) is 0. The third-order valence-electron chi connectivity index (χ3n) is 2.82. The molecule has 3 rings (SSSR count). The Morgan fingerprint density at radius 1 is 1.06 bits per heavy atom. The van der Waals surface area contributed by atoms with Crippen LogP contribution in [-0.4, -0.2) is 35.3 Å². The number of nitrogens with zero attached hydrogens (tertiary/aromatic N) is 4. The average molecular weight is 226 g/mol. The Bertz CT molecular complexity index is 506. The van der Waals surface area contributed by atoms with Crippen molar-refractivity contribution in [2.75, 3.05) is 25.3 Å². The topological polar surface area (TPSA) is 32.3 Å². The van der Waals surface area contributed by atoms with E-state index in [0.29, 0.717) is 0 Å². The van der Waals surface area contributed by atoms with Crippen molar-refractivity contribution in [3.63, 3.8) is 0 Å². The molecule has 0 spiro atoms. The van der Waals surface area contributed by atoms with Gasteiger partial charge in [0, 0.05) is 11.8 Å². The van der Waals surface area contributed by atoms with Gasteiger partial charge in [0.15, 0.2) is 5.82 Å². The maximum atomic E-state index is 4.59. The Hall–Kier alpha value is -1.94. The molecule has 0 saturated carbocycles. The molecule has 2 heterocycles. The summed E-state index contributed by atoms with van der Waals surface area (Å²) in [6.45, 7) is 1.87. The second-order valence-corrected chi connectivity index (χ2v) is 4.28. The summed E-state index contributed by atoms with van der Waals surface area (Å²) in [5.74, 6) is 1.79. The summed E-state index contributed by atoms with van der Waals surface area (Å²) < 4.78 is 0. The normalized spacial score (nSPS) is 15.7. The van der Waals surface area contributed by atoms with Crippen LogP contribution in [0.3, 0.4) is 0 Å². The van der Waals surface area contributed by atoms with E-state index in [0.717, 1.165) is 30.5 Å². The molecule has 86 valence electrons. The fourth-order valence-electron chi connectivity index (χ4n) is 1.94. The molecule has 1 aliphatic heterocycles. The van der Waals surface area contributed by atoms with Gasteiger partial charge in [-0.1, -0.05) is 30.3 Å². The summed E-state index contributed by atoms with van der Waals surface area (Å²) in [5.41, 5.74) is 1.06. The molecule has 4 nitrogen and oxygen atoms in total. The van der Waals surface area contributed by atoms with Crippen LogP contribution in [0, 0.1) is 0 Å². The molecular weight excluding hydrogens is 212 g/mol. The van der Waals surface area contributed by atoms with Gasteiger partial charge in [0.05, 0.1) is 13.3 Å². The minimum absolute atomic E-state index is 0.789. The van der Waals surface area contributed by atoms with E-state index in [1.165, 1.54) is 0 Å². The maximum Gasteiger partial charge on any atom is 0.161 e. The average Bonchev–Trinajstić information content (AvgIpc) is 2.36. The molecule has 0 radical (unpaired) electrons. The summed E-state index contributed by atoms with van der Waals surface area (Å²) >= 11 is 0. The monoisotopic (exact) mass is 226 g/mol. The van der Waals surface area contributed by atoms with Gasteiger partial charge in [0.1, 0.15) is 5.82 Å². The van der Waals surface area contributed by atoms with Gasteiger partial charge in [-0.2, -0.15) is 0 Å². The van der Waals surface area contributed by atoms with Gasteiger partial charge < -0.3 is 4.90 Å². The molecule has 1 fully saturated rings. The molecule has 0 aliphatic carbocycles. The highest BCUT2D eigenvalue weighted by Crippen LogP contribution is 2.20. The summed E-state index contributed by atoms with van der Waals surface area (Å²) in [7, 11) is 2.09. The number of aromatic nitrogens is 2. The van der Waals surface area contributed by atoms with Crippen LogP contribution in [0.2, 0.25) is 0 Å². The van der Waals surface area contributed by atoms with E-state index in [2.05, 4.69) is 26.8 Å². The van der Waals surface area contributed by atoms with Gasteiger partial charge in [-0.05, 0) is 13.1 Å². The molecule has 0 N–H and O–H groups in total. The van der Waals surface area contributed by atoms with Crippen LogP contribution in [0.25, 0.3) is 11.4 Å². The third-order valence-corrected chi connectivity index (χ3v) is 2.82. The first-order valence-electron chi connectivity index (χ1n) is 5.65. The van der Waals surface area contributed by atoms with Crippen LogP contribution in [0.1, 0.15) is 0 Å². The smallest absolute Gasteiger partial charge is 0.161 e. The zero-order valence-electron chi connectivity index (χ0n) is 9.74. The van der Waals surface area contributed by atoms with Crippen molar-refractivity contribution in [3.05, 3.63) is 42.6 Å². The zero-order chi connectivity index (χ0) is 11.7. The minimum Gasteiger partial charge on any atom is -0.330 e. The number of hydrogen-bond acceptors (Lipinski definition) is 4. The van der Waals surface area contributed by atoms with Crippen molar-refractivity contribution < 1.29 is 0 Å². The maximum absolute atomic E-state index is 4.59. The Morgan fingerprint density at radius 2 is 1.82 bits per heavy atom. The number of benzene rings is 1. The predicted octanol–water partition coefficient (Wildman–Crippen LogP) is 1.81. The number of hydrogen-bond donors (Lipinski definition) is 0. The van der Waals surface area contributed by atoms with E-state index in [-0.39, 0.29) is 0 Å². The molecule has 4 heteroatoms.